The minimum atomic E-state index is 0.0636. The molecule has 0 bridgehead atoms. The first kappa shape index (κ1) is 118. The fourth-order valence-electron chi connectivity index (χ4n) is 21.5. The van der Waals surface area contributed by atoms with Crippen LogP contribution < -0.4 is 37.7 Å². The van der Waals surface area contributed by atoms with Crippen LogP contribution in [-0.4, -0.2) is 36.3 Å². The van der Waals surface area contributed by atoms with Gasteiger partial charge in [-0.25, -0.2) is 0 Å². The van der Waals surface area contributed by atoms with Gasteiger partial charge in [-0.1, -0.05) is 575 Å². The largest absolute Gasteiger partial charge is 0.311 e. The third kappa shape index (κ3) is 20.7. The molecule has 0 amide bonds. The minimum Gasteiger partial charge on any atom is -0.311 e. The first-order valence-electron chi connectivity index (χ1n) is 57.4. The highest BCUT2D eigenvalue weighted by Gasteiger charge is 2.46. The van der Waals surface area contributed by atoms with Crippen LogP contribution in [0, 0.1) is 0 Å². The molecule has 0 N–H and O–H groups in total. The van der Waals surface area contributed by atoms with E-state index in [1.54, 1.807) is 0 Å². The van der Waals surface area contributed by atoms with E-state index in [0.717, 1.165) is 5.69 Å². The Kier molecular flexibility index (Phi) is 46.3. The molecule has 4 aliphatic rings. The lowest BCUT2D eigenvalue weighted by molar-refractivity contribution is 1.16. The normalized spacial score (nSPS) is 10.6. The first-order chi connectivity index (χ1) is 74.7. The summed E-state index contributed by atoms with van der Waals surface area (Å²) in [4.78, 5) is 2.52. The average Bonchev–Trinajstić information content (AvgIpc) is 1.49. The summed E-state index contributed by atoms with van der Waals surface area (Å²) >= 11 is 0. The van der Waals surface area contributed by atoms with Gasteiger partial charge >= 0.3 is 0 Å². The molecule has 23 aromatic rings. The second kappa shape index (κ2) is 58.6. The molecule has 5 aromatic heterocycles. The number of hydrogen-bond donors (Lipinski definition) is 0. The average molecular weight is 1980 g/mol. The number of rotatable bonds is 7. The van der Waals surface area contributed by atoms with Gasteiger partial charge in [0.1, 0.15) is 0 Å². The molecule has 0 atom stereocenters. The topological polar surface area (TPSA) is 27.9 Å². The number of aromatic nitrogens is 5. The van der Waals surface area contributed by atoms with Gasteiger partial charge in [-0.3, -0.25) is 0 Å². The molecular weight excluding hydrogens is 1810 g/mol. The maximum absolute atomic E-state index is 2.69. The van der Waals surface area contributed by atoms with Crippen LogP contribution in [0.2, 0.25) is 0 Å². The lowest BCUT2D eigenvalue weighted by Crippen LogP contribution is -2.60. The van der Waals surface area contributed by atoms with Crippen molar-refractivity contribution in [2.75, 3.05) is 4.90 Å². The van der Waals surface area contributed by atoms with Crippen LogP contribution in [0.5, 0.6) is 0 Å². The monoisotopic (exact) mass is 1980 g/mol. The summed E-state index contributed by atoms with van der Waals surface area (Å²) in [5.74, 6) is 0. The molecule has 0 unspecified atom stereocenters. The number of hydrogen-bond acceptors (Lipinski definition) is 1. The predicted octanol–water partition coefficient (Wildman–Crippen LogP) is 40.7. The summed E-state index contributed by atoms with van der Waals surface area (Å²) < 4.78 is 13.1. The first-order valence-corrected chi connectivity index (χ1v) is 57.4. The Labute approximate surface area is 902 Å². The second-order valence-corrected chi connectivity index (χ2v) is 31.5. The Morgan fingerprint density at radius 3 is 0.687 bits per heavy atom. The zero-order valence-corrected chi connectivity index (χ0v) is 96.9. The predicted molar refractivity (Wildman–Crippen MR) is 683 cm³/mol. The third-order valence-corrected chi connectivity index (χ3v) is 25.9. The molecule has 0 saturated heterocycles. The highest BCUT2D eigenvalue weighted by molar-refractivity contribution is 7.01. The SMILES string of the molecule is CC.CC.CC.CC.CC.CC.CC.CC.CC.CC.CC.CC.CC.CC.CC.CC.CC.c1ccc(-c2cccc3c4cccc(-c5ccccc5)c4n(-c4c5c6ccccc6n6c5c5c7c4c4ccccc4n7-c4ccccc4B5c4ccccc4-6)c23)cc1.c1ccc(-c2cccc3c4cccc(-c5ccccc5)c4n(-c4cc5c6c7c4c4ccccc4n7-c4ccccc4B6c4ccccc4N5c4ccccc4)c23)cc1. The van der Waals surface area contributed by atoms with Crippen LogP contribution in [0.15, 0.2) is 400 Å². The van der Waals surface area contributed by atoms with E-state index in [0.29, 0.717) is 0 Å². The van der Waals surface area contributed by atoms with Crippen molar-refractivity contribution in [3.8, 4) is 72.9 Å². The molecule has 0 spiro atoms. The Bertz CT molecular complexity index is 7820. The Morgan fingerprint density at radius 2 is 0.380 bits per heavy atom. The van der Waals surface area contributed by atoms with E-state index >= 15 is 0 Å². The van der Waals surface area contributed by atoms with Gasteiger partial charge in [-0.15, -0.1) is 0 Å². The van der Waals surface area contributed by atoms with Gasteiger partial charge in [0, 0.05) is 110 Å². The molecule has 772 valence electrons. The lowest BCUT2D eigenvalue weighted by atomic mass is 9.34. The zero-order valence-electron chi connectivity index (χ0n) is 96.9. The highest BCUT2D eigenvalue weighted by atomic mass is 15.2. The van der Waals surface area contributed by atoms with Crippen LogP contribution in [-0.2, 0) is 0 Å². The third-order valence-electron chi connectivity index (χ3n) is 25.9. The number of para-hydroxylation sites is 12. The fraction of sp³-hybridized carbons (Fsp3) is 0.239. The van der Waals surface area contributed by atoms with Crippen molar-refractivity contribution in [1.29, 1.82) is 0 Å². The molecule has 0 radical (unpaired) electrons. The van der Waals surface area contributed by atoms with Crippen LogP contribution in [0.3, 0.4) is 0 Å². The van der Waals surface area contributed by atoms with E-state index in [2.05, 4.69) is 428 Å². The quantitative estimate of drug-likeness (QED) is 0.146. The molecule has 6 nitrogen and oxygen atoms in total. The van der Waals surface area contributed by atoms with Gasteiger partial charge in [0.05, 0.1) is 66.5 Å². The van der Waals surface area contributed by atoms with Crippen molar-refractivity contribution in [2.45, 2.75) is 235 Å². The van der Waals surface area contributed by atoms with Crippen molar-refractivity contribution in [3.63, 3.8) is 0 Å². The van der Waals surface area contributed by atoms with Gasteiger partial charge in [0.25, 0.3) is 13.4 Å². The summed E-state index contributed by atoms with van der Waals surface area (Å²) in [6, 6.07) is 148. The van der Waals surface area contributed by atoms with Gasteiger partial charge in [0.15, 0.2) is 0 Å². The highest BCUT2D eigenvalue weighted by Crippen LogP contribution is 2.53. The number of benzene rings is 18. The molecule has 18 aromatic carbocycles. The molecule has 4 aliphatic heterocycles. The molecule has 9 heterocycles. The molecule has 8 heteroatoms. The maximum atomic E-state index is 2.69. The minimum absolute atomic E-state index is 0.0636. The Balaban J connectivity index is 0.000000260. The van der Waals surface area contributed by atoms with Crippen molar-refractivity contribution in [1.82, 2.24) is 22.8 Å². The maximum Gasteiger partial charge on any atom is 0.252 e. The van der Waals surface area contributed by atoms with Crippen LogP contribution in [0.1, 0.15) is 235 Å². The lowest BCUT2D eigenvalue weighted by Gasteiger charge is -2.40. The molecule has 0 fully saturated rings. The second-order valence-electron chi connectivity index (χ2n) is 31.5. The number of nitrogens with zero attached hydrogens (tertiary/aromatic N) is 6. The summed E-state index contributed by atoms with van der Waals surface area (Å²) in [5, 5.41) is 12.6. The summed E-state index contributed by atoms with van der Waals surface area (Å²) in [6.07, 6.45) is 0. The van der Waals surface area contributed by atoms with E-state index in [1.807, 2.05) is 235 Å². The van der Waals surface area contributed by atoms with Crippen molar-refractivity contribution in [3.05, 3.63) is 400 Å². The Hall–Kier alpha value is -15.1. The van der Waals surface area contributed by atoms with E-state index in [9.17, 15) is 0 Å². The number of fused-ring (bicyclic) bond motifs is 26. The molecule has 0 saturated carbocycles. The van der Waals surface area contributed by atoms with Gasteiger partial charge < -0.3 is 27.7 Å². The number of anilines is 3. The summed E-state index contributed by atoms with van der Waals surface area (Å²) in [5.41, 5.74) is 40.0. The van der Waals surface area contributed by atoms with E-state index in [4.69, 9.17) is 0 Å². The molecule has 27 rings (SSSR count). The van der Waals surface area contributed by atoms with Crippen LogP contribution in [0.4, 0.5) is 17.1 Å². The molecular formula is C142H168B2N6. The van der Waals surface area contributed by atoms with E-state index < -0.39 is 0 Å². The standard InChI is InChI=1S/C54H32BN3.C54H34BN3.17C2H6/c1-3-17-33(18-4-1)35-23-15-25-37-38-26-16-24-36(34-19-5-2-6-20-34)51(38)58(50(35)37)52-47-39-21-7-11-29-43(39)56-45-31-13-9-27-41(45)55-42-28-10-14-32-46(42)57-44-30-12-8-22-40(44)48(52)54(57)49(55)53(47)56;1-4-18-35(19-5-1)38-25-16-27-40-41-28-17-26-39(36-20-6-2-7-21-36)53(41)58(52(38)40)48-34-49-51-54-50(48)42-24-10-13-31-45(42)57(54)47-33-15-12-30-44(47)55(51)43-29-11-14-32-46(43)56(49)37-22-8-3-9-23-37;17*1-2/h1-32H;1-34H;17*1-2H3. The fourth-order valence-corrected chi connectivity index (χ4v) is 21.5. The van der Waals surface area contributed by atoms with Gasteiger partial charge in [-0.2, -0.15) is 0 Å². The summed E-state index contributed by atoms with van der Waals surface area (Å²) in [7, 11) is 0. The van der Waals surface area contributed by atoms with Crippen LogP contribution >= 0.6 is 0 Å². The van der Waals surface area contributed by atoms with Crippen molar-refractivity contribution >= 4 is 172 Å². The molecule has 150 heavy (non-hydrogen) atoms. The van der Waals surface area contributed by atoms with Crippen LogP contribution in [0.25, 0.3) is 182 Å². The van der Waals surface area contributed by atoms with Crippen molar-refractivity contribution in [2.24, 2.45) is 0 Å². The Morgan fingerprint density at radius 1 is 0.153 bits per heavy atom. The van der Waals surface area contributed by atoms with E-state index in [1.165, 1.54) is 226 Å². The summed E-state index contributed by atoms with van der Waals surface area (Å²) in [6.45, 7) is 68.1. The van der Waals surface area contributed by atoms with Gasteiger partial charge in [-0.05, 0) is 116 Å². The smallest absolute Gasteiger partial charge is 0.252 e. The van der Waals surface area contributed by atoms with Gasteiger partial charge in [0.2, 0.25) is 0 Å². The zero-order chi connectivity index (χ0) is 110. The van der Waals surface area contributed by atoms with E-state index in [-0.39, 0.29) is 13.4 Å². The van der Waals surface area contributed by atoms with Crippen molar-refractivity contribution < 1.29 is 0 Å². The molecule has 0 aliphatic carbocycles.